The number of nitrogens with one attached hydrogen (secondary N) is 2. The summed E-state index contributed by atoms with van der Waals surface area (Å²) in [6.45, 7) is 2.98. The maximum Gasteiger partial charge on any atom is 0.400 e. The van der Waals surface area contributed by atoms with E-state index in [2.05, 4.69) is 25.3 Å². The lowest BCUT2D eigenvalue weighted by atomic mass is 10.2. The average molecular weight is 701 g/mol. The first-order valence-electron chi connectivity index (χ1n) is 13.4. The molecule has 19 heteroatoms. The van der Waals surface area contributed by atoms with Crippen molar-refractivity contribution in [3.05, 3.63) is 83.1 Å². The molecule has 5 rings (SSSR count). The summed E-state index contributed by atoms with van der Waals surface area (Å²) in [6.07, 6.45) is -0.835. The van der Waals surface area contributed by atoms with Crippen LogP contribution in [0.1, 0.15) is 23.1 Å². The van der Waals surface area contributed by atoms with Crippen molar-refractivity contribution in [3.63, 3.8) is 0 Å². The molecule has 0 aliphatic heterocycles. The number of aromatic carboxylic acids is 1. The van der Waals surface area contributed by atoms with Crippen molar-refractivity contribution in [2.75, 3.05) is 12.4 Å². The fourth-order valence-corrected chi connectivity index (χ4v) is 4.92. The normalized spacial score (nSPS) is 11.4. The minimum absolute atomic E-state index is 0.0677. The van der Waals surface area contributed by atoms with Gasteiger partial charge in [-0.2, -0.15) is 19.9 Å². The number of urea groups is 1. The van der Waals surface area contributed by atoms with Gasteiger partial charge < -0.3 is 28.8 Å². The Kier molecular flexibility index (Phi) is 10.9. The summed E-state index contributed by atoms with van der Waals surface area (Å²) < 4.78 is 47.2. The molecule has 2 amide bonds. The van der Waals surface area contributed by atoms with E-state index in [4.69, 9.17) is 40.4 Å². The van der Waals surface area contributed by atoms with Crippen LogP contribution < -0.4 is 24.2 Å². The number of rotatable bonds is 10. The first kappa shape index (κ1) is 34.9. The highest BCUT2D eigenvalue weighted by atomic mass is 35.5. The minimum atomic E-state index is -4.43. The topological polar surface area (TPSA) is 242 Å². The van der Waals surface area contributed by atoms with Gasteiger partial charge in [0.1, 0.15) is 27.7 Å². The lowest BCUT2D eigenvalue weighted by Crippen LogP contribution is -2.35. The summed E-state index contributed by atoms with van der Waals surface area (Å²) in [5.41, 5.74) is 0.697. The Hall–Kier alpha value is -6.01. The number of fused-ring (bicyclic) bond motifs is 1. The standard InChI is InChI=1S/C16H12ClNO5.C13H13N5O6S/c1-9(15(19)20)21-11-3-5-12(6-4-11)22-16-18-13-7-2-10(17)8-14(13)23-16;1-7-14-11(17-13(15-7)24-2)16-12(21)18-25(22,23)9-6-4-3-5-8(9)10(19)20/h2-9H,1H3,(H,19,20);3-6H,1-2H3,(H,19,20)(H2,14,15,16,17,18,21). The predicted molar refractivity (Wildman–Crippen MR) is 167 cm³/mol. The van der Waals surface area contributed by atoms with Crippen molar-refractivity contribution >= 4 is 56.6 Å². The van der Waals surface area contributed by atoms with Crippen LogP contribution in [0.15, 0.2) is 76.0 Å². The first-order valence-corrected chi connectivity index (χ1v) is 15.3. The summed E-state index contributed by atoms with van der Waals surface area (Å²) in [5.74, 6) is -1.56. The van der Waals surface area contributed by atoms with E-state index in [-0.39, 0.29) is 23.9 Å². The Balaban J connectivity index is 0.000000217. The number of aryl methyl sites for hydroxylation is 1. The number of halogens is 1. The van der Waals surface area contributed by atoms with Gasteiger partial charge >= 0.3 is 30.1 Å². The molecule has 3 aromatic carbocycles. The Morgan fingerprint density at radius 1 is 0.938 bits per heavy atom. The predicted octanol–water partition coefficient (Wildman–Crippen LogP) is 4.52. The summed E-state index contributed by atoms with van der Waals surface area (Å²) in [4.78, 5) is 48.8. The van der Waals surface area contributed by atoms with Crippen LogP contribution in [0.4, 0.5) is 10.7 Å². The summed E-state index contributed by atoms with van der Waals surface area (Å²) in [5, 5.41) is 20.5. The molecular formula is C29H25ClN6O11S. The molecule has 48 heavy (non-hydrogen) atoms. The number of aromatic nitrogens is 4. The molecule has 0 saturated carbocycles. The first-order chi connectivity index (χ1) is 22.7. The highest BCUT2D eigenvalue weighted by molar-refractivity contribution is 7.90. The number of carboxylic acid groups (broad SMARTS) is 2. The van der Waals surface area contributed by atoms with Crippen molar-refractivity contribution in [1.29, 1.82) is 0 Å². The third-order valence-electron chi connectivity index (χ3n) is 5.79. The molecule has 2 aromatic heterocycles. The molecule has 0 radical (unpaired) electrons. The Bertz CT molecular complexity index is 2070. The number of ether oxygens (including phenoxy) is 3. The summed E-state index contributed by atoms with van der Waals surface area (Å²) >= 11 is 5.88. The lowest BCUT2D eigenvalue weighted by Gasteiger charge is -2.10. The number of carbonyl (C=O) groups excluding carboxylic acids is 1. The van der Waals surface area contributed by atoms with E-state index < -0.39 is 44.6 Å². The third-order valence-corrected chi connectivity index (χ3v) is 7.41. The van der Waals surface area contributed by atoms with Gasteiger partial charge in [0.2, 0.25) is 5.95 Å². The number of carboxylic acids is 2. The molecule has 0 saturated heterocycles. The van der Waals surface area contributed by atoms with Crippen LogP contribution in [0.2, 0.25) is 5.02 Å². The second-order valence-electron chi connectivity index (χ2n) is 9.32. The monoisotopic (exact) mass is 700 g/mol. The number of sulfonamides is 1. The van der Waals surface area contributed by atoms with E-state index in [1.165, 1.54) is 33.1 Å². The molecule has 4 N–H and O–H groups in total. The van der Waals surface area contributed by atoms with Gasteiger partial charge in [-0.25, -0.2) is 27.5 Å². The van der Waals surface area contributed by atoms with Gasteiger partial charge in [-0.3, -0.25) is 5.32 Å². The number of anilines is 1. The SMILES string of the molecule is CC(Oc1ccc(Oc2nc3ccc(Cl)cc3o2)cc1)C(=O)O.COc1nc(C)nc(NC(=O)NS(=O)(=O)c2ccccc2C(=O)O)n1. The maximum atomic E-state index is 12.2. The van der Waals surface area contributed by atoms with E-state index in [1.54, 1.807) is 47.2 Å². The van der Waals surface area contributed by atoms with Gasteiger partial charge in [-0.15, -0.1) is 0 Å². The van der Waals surface area contributed by atoms with Crippen LogP contribution in [0, 0.1) is 6.92 Å². The number of hydrogen-bond acceptors (Lipinski definition) is 13. The van der Waals surface area contributed by atoms with E-state index in [1.807, 2.05) is 0 Å². The number of amides is 2. The van der Waals surface area contributed by atoms with E-state index >= 15 is 0 Å². The zero-order valence-electron chi connectivity index (χ0n) is 25.1. The summed E-state index contributed by atoms with van der Waals surface area (Å²) in [7, 11) is -3.11. The smallest absolute Gasteiger partial charge is 0.400 e. The zero-order chi connectivity index (χ0) is 35.0. The largest absolute Gasteiger partial charge is 0.479 e. The van der Waals surface area contributed by atoms with Crippen molar-refractivity contribution < 1.29 is 51.6 Å². The molecular weight excluding hydrogens is 676 g/mol. The van der Waals surface area contributed by atoms with Crippen molar-refractivity contribution in [3.8, 4) is 23.6 Å². The van der Waals surface area contributed by atoms with Crippen LogP contribution >= 0.6 is 11.6 Å². The molecule has 0 aliphatic carbocycles. The molecule has 5 aromatic rings. The number of nitrogens with zero attached hydrogens (tertiary/aromatic N) is 4. The van der Waals surface area contributed by atoms with Crippen LogP contribution in [-0.2, 0) is 14.8 Å². The average Bonchev–Trinajstić information content (AvgIpc) is 3.42. The molecule has 17 nitrogen and oxygen atoms in total. The highest BCUT2D eigenvalue weighted by Gasteiger charge is 2.24. The maximum absolute atomic E-state index is 12.2. The van der Waals surface area contributed by atoms with Gasteiger partial charge in [0.05, 0.1) is 12.7 Å². The van der Waals surface area contributed by atoms with E-state index in [0.29, 0.717) is 27.6 Å². The van der Waals surface area contributed by atoms with Crippen molar-refractivity contribution in [2.24, 2.45) is 0 Å². The zero-order valence-corrected chi connectivity index (χ0v) is 26.6. The lowest BCUT2D eigenvalue weighted by molar-refractivity contribution is -0.144. The number of hydrogen-bond donors (Lipinski definition) is 4. The second-order valence-corrected chi connectivity index (χ2v) is 11.4. The van der Waals surface area contributed by atoms with Crippen molar-refractivity contribution in [2.45, 2.75) is 24.8 Å². The van der Waals surface area contributed by atoms with Gasteiger partial charge in [0.25, 0.3) is 10.0 Å². The Morgan fingerprint density at radius 3 is 2.29 bits per heavy atom. The van der Waals surface area contributed by atoms with Gasteiger partial charge in [-0.1, -0.05) is 23.7 Å². The molecule has 2 heterocycles. The number of oxazole rings is 1. The number of aliphatic carboxylic acids is 1. The van der Waals surface area contributed by atoms with Crippen LogP contribution in [-0.4, -0.2) is 69.8 Å². The summed E-state index contributed by atoms with van der Waals surface area (Å²) in [6, 6.07) is 15.2. The quantitative estimate of drug-likeness (QED) is 0.156. The fraction of sp³-hybridized carbons (Fsp3) is 0.138. The second kappa shape index (κ2) is 15.1. The van der Waals surface area contributed by atoms with E-state index in [0.717, 1.165) is 12.1 Å². The molecule has 0 bridgehead atoms. The van der Waals surface area contributed by atoms with Gasteiger partial charge in [0, 0.05) is 11.1 Å². The van der Waals surface area contributed by atoms with Crippen LogP contribution in [0.5, 0.6) is 23.6 Å². The third kappa shape index (κ3) is 9.27. The minimum Gasteiger partial charge on any atom is -0.479 e. The molecule has 1 atom stereocenters. The van der Waals surface area contributed by atoms with Crippen LogP contribution in [0.25, 0.3) is 11.1 Å². The Labute approximate surface area is 276 Å². The number of methoxy groups -OCH3 is 1. The number of benzene rings is 3. The highest BCUT2D eigenvalue weighted by Crippen LogP contribution is 2.28. The fourth-order valence-electron chi connectivity index (χ4n) is 3.65. The van der Waals surface area contributed by atoms with Gasteiger partial charge in [0.15, 0.2) is 11.7 Å². The van der Waals surface area contributed by atoms with E-state index in [9.17, 15) is 22.8 Å². The van der Waals surface area contributed by atoms with Gasteiger partial charge in [-0.05, 0) is 62.4 Å². The number of carbonyl (C=O) groups is 3. The van der Waals surface area contributed by atoms with Crippen molar-refractivity contribution in [1.82, 2.24) is 24.7 Å². The Morgan fingerprint density at radius 2 is 1.62 bits per heavy atom. The molecule has 0 spiro atoms. The molecule has 0 fully saturated rings. The van der Waals surface area contributed by atoms with Crippen LogP contribution in [0.3, 0.4) is 0 Å². The molecule has 250 valence electrons. The molecule has 1 unspecified atom stereocenters. The molecule has 0 aliphatic rings.